The molecule has 0 saturated carbocycles. The van der Waals surface area contributed by atoms with Gasteiger partial charge in [0.2, 0.25) is 0 Å². The van der Waals surface area contributed by atoms with Gasteiger partial charge in [-0.25, -0.2) is 4.79 Å². The Morgan fingerprint density at radius 1 is 0.838 bits per heavy atom. The molecule has 2 N–H and O–H groups in total. The zero-order valence-electron chi connectivity index (χ0n) is 21.6. The first-order chi connectivity index (χ1) is 18.2. The maximum Gasteiger partial charge on any atom is 0.322 e. The number of anilines is 1. The van der Waals surface area contributed by atoms with Gasteiger partial charge in [0, 0.05) is 37.9 Å². The highest BCUT2D eigenvalue weighted by atomic mass is 16.5. The molecule has 5 rings (SSSR count). The molecule has 0 aromatic heterocycles. The number of hydrogen-bond donors (Lipinski definition) is 2. The number of carbonyl (C=O) groups is 1. The van der Waals surface area contributed by atoms with Crippen molar-refractivity contribution in [1.29, 1.82) is 0 Å². The van der Waals surface area contributed by atoms with Crippen molar-refractivity contribution in [1.82, 2.24) is 15.1 Å². The van der Waals surface area contributed by atoms with Crippen LogP contribution in [0.3, 0.4) is 0 Å². The van der Waals surface area contributed by atoms with Crippen LogP contribution >= 0.6 is 0 Å². The van der Waals surface area contributed by atoms with Crippen molar-refractivity contribution in [2.75, 3.05) is 44.7 Å². The van der Waals surface area contributed by atoms with E-state index in [9.17, 15) is 4.79 Å². The summed E-state index contributed by atoms with van der Waals surface area (Å²) >= 11 is 0. The summed E-state index contributed by atoms with van der Waals surface area (Å²) in [5.74, 6) is 0. The van der Waals surface area contributed by atoms with Crippen LogP contribution in [0.15, 0.2) is 78.9 Å². The number of benzene rings is 3. The SMILES string of the molecule is O=C(Nc1ccc(CCNC(CCN2CCOCC2)Cc2ccccc2)cc1)N1Cc2ccccc2C1. The Kier molecular flexibility index (Phi) is 8.85. The van der Waals surface area contributed by atoms with Gasteiger partial charge in [-0.15, -0.1) is 0 Å². The minimum Gasteiger partial charge on any atom is -0.379 e. The monoisotopic (exact) mass is 498 g/mol. The normalized spacial score (nSPS) is 16.4. The van der Waals surface area contributed by atoms with Crippen LogP contribution in [-0.4, -0.2) is 61.3 Å². The molecule has 2 aliphatic rings. The molecule has 0 spiro atoms. The van der Waals surface area contributed by atoms with Crippen molar-refractivity contribution in [3.8, 4) is 0 Å². The van der Waals surface area contributed by atoms with E-state index in [0.717, 1.165) is 64.3 Å². The molecule has 3 aromatic carbocycles. The van der Waals surface area contributed by atoms with Gasteiger partial charge < -0.3 is 20.3 Å². The first kappa shape index (κ1) is 25.5. The first-order valence-electron chi connectivity index (χ1n) is 13.5. The summed E-state index contributed by atoms with van der Waals surface area (Å²) in [7, 11) is 0. The summed E-state index contributed by atoms with van der Waals surface area (Å²) in [5.41, 5.74) is 5.95. The van der Waals surface area contributed by atoms with Crippen molar-refractivity contribution in [3.05, 3.63) is 101 Å². The summed E-state index contributed by atoms with van der Waals surface area (Å²) in [6, 6.07) is 27.7. The van der Waals surface area contributed by atoms with E-state index in [1.165, 1.54) is 22.3 Å². The lowest BCUT2D eigenvalue weighted by Crippen LogP contribution is -2.41. The predicted molar refractivity (Wildman–Crippen MR) is 149 cm³/mol. The standard InChI is InChI=1S/C31H38N4O2/c36-31(35-23-27-8-4-5-9-28(27)24-35)33-29-12-10-25(11-13-29)14-16-32-30(22-26-6-2-1-3-7-26)15-17-34-18-20-37-21-19-34/h1-13,30,32H,14-24H2,(H,33,36). The van der Waals surface area contributed by atoms with E-state index < -0.39 is 0 Å². The Balaban J connectivity index is 1.09. The number of carbonyl (C=O) groups excluding carboxylic acids is 1. The number of urea groups is 1. The first-order valence-corrected chi connectivity index (χ1v) is 13.5. The number of morpholine rings is 1. The minimum atomic E-state index is -0.0466. The van der Waals surface area contributed by atoms with Gasteiger partial charge in [-0.3, -0.25) is 4.90 Å². The largest absolute Gasteiger partial charge is 0.379 e. The highest BCUT2D eigenvalue weighted by Crippen LogP contribution is 2.23. The maximum atomic E-state index is 12.7. The van der Waals surface area contributed by atoms with Gasteiger partial charge in [-0.2, -0.15) is 0 Å². The summed E-state index contributed by atoms with van der Waals surface area (Å²) in [6.07, 6.45) is 3.12. The Morgan fingerprint density at radius 3 is 2.22 bits per heavy atom. The summed E-state index contributed by atoms with van der Waals surface area (Å²) in [4.78, 5) is 17.1. The zero-order chi connectivity index (χ0) is 25.3. The fourth-order valence-electron chi connectivity index (χ4n) is 5.19. The number of nitrogens with zero attached hydrogens (tertiary/aromatic N) is 2. The van der Waals surface area contributed by atoms with Gasteiger partial charge in [0.15, 0.2) is 0 Å². The topological polar surface area (TPSA) is 56.8 Å². The Hall–Kier alpha value is -3.19. The molecule has 2 amide bonds. The quantitative estimate of drug-likeness (QED) is 0.426. The molecule has 2 aliphatic heterocycles. The zero-order valence-corrected chi connectivity index (χ0v) is 21.6. The molecule has 194 valence electrons. The molecule has 6 nitrogen and oxygen atoms in total. The molecular formula is C31H38N4O2. The van der Waals surface area contributed by atoms with Crippen LogP contribution in [0.25, 0.3) is 0 Å². The summed E-state index contributed by atoms with van der Waals surface area (Å²) in [6.45, 7) is 7.13. The third-order valence-corrected chi connectivity index (χ3v) is 7.40. The molecule has 1 unspecified atom stereocenters. The van der Waals surface area contributed by atoms with E-state index in [4.69, 9.17) is 4.74 Å². The average molecular weight is 499 g/mol. The van der Waals surface area contributed by atoms with Crippen LogP contribution in [-0.2, 0) is 30.7 Å². The molecular weight excluding hydrogens is 460 g/mol. The Bertz CT molecular complexity index is 1100. The highest BCUT2D eigenvalue weighted by molar-refractivity contribution is 5.89. The molecule has 6 heteroatoms. The molecule has 3 aromatic rings. The number of ether oxygens (including phenoxy) is 1. The van der Waals surface area contributed by atoms with Crippen molar-refractivity contribution in [2.24, 2.45) is 0 Å². The number of fused-ring (bicyclic) bond motifs is 1. The van der Waals surface area contributed by atoms with Crippen molar-refractivity contribution in [2.45, 2.75) is 38.4 Å². The van der Waals surface area contributed by atoms with Gasteiger partial charge in [0.05, 0.1) is 13.2 Å². The Morgan fingerprint density at radius 2 is 1.51 bits per heavy atom. The molecule has 1 saturated heterocycles. The van der Waals surface area contributed by atoms with E-state index in [1.807, 2.05) is 29.2 Å². The Labute approximate surface area is 220 Å². The lowest BCUT2D eigenvalue weighted by Gasteiger charge is -2.29. The summed E-state index contributed by atoms with van der Waals surface area (Å²) in [5, 5.41) is 6.87. The molecule has 37 heavy (non-hydrogen) atoms. The smallest absolute Gasteiger partial charge is 0.322 e. The lowest BCUT2D eigenvalue weighted by molar-refractivity contribution is 0.0361. The molecule has 1 fully saturated rings. The van der Waals surface area contributed by atoms with Crippen LogP contribution in [0.5, 0.6) is 0 Å². The van der Waals surface area contributed by atoms with Crippen LogP contribution in [0.4, 0.5) is 10.5 Å². The van der Waals surface area contributed by atoms with Gasteiger partial charge in [-0.05, 0) is 66.7 Å². The predicted octanol–water partition coefficient (Wildman–Crippen LogP) is 4.70. The fourth-order valence-corrected chi connectivity index (χ4v) is 5.19. The van der Waals surface area contributed by atoms with Gasteiger partial charge in [0.25, 0.3) is 0 Å². The van der Waals surface area contributed by atoms with Crippen molar-refractivity contribution < 1.29 is 9.53 Å². The van der Waals surface area contributed by atoms with Crippen LogP contribution in [0.2, 0.25) is 0 Å². The van der Waals surface area contributed by atoms with E-state index in [2.05, 4.69) is 70.1 Å². The second-order valence-electron chi connectivity index (χ2n) is 10.1. The summed E-state index contributed by atoms with van der Waals surface area (Å²) < 4.78 is 5.50. The minimum absolute atomic E-state index is 0.0466. The number of nitrogens with one attached hydrogen (secondary N) is 2. The lowest BCUT2D eigenvalue weighted by atomic mass is 10.0. The van der Waals surface area contributed by atoms with E-state index >= 15 is 0 Å². The van der Waals surface area contributed by atoms with Crippen LogP contribution < -0.4 is 10.6 Å². The van der Waals surface area contributed by atoms with E-state index in [-0.39, 0.29) is 6.03 Å². The second-order valence-corrected chi connectivity index (χ2v) is 10.1. The average Bonchev–Trinajstić information content (AvgIpc) is 3.38. The number of hydrogen-bond acceptors (Lipinski definition) is 4. The fraction of sp³-hybridized carbons (Fsp3) is 0.387. The van der Waals surface area contributed by atoms with Crippen molar-refractivity contribution >= 4 is 11.7 Å². The second kappa shape index (κ2) is 12.9. The van der Waals surface area contributed by atoms with E-state index in [0.29, 0.717) is 19.1 Å². The van der Waals surface area contributed by atoms with Crippen LogP contribution in [0, 0.1) is 0 Å². The molecule has 0 aliphatic carbocycles. The van der Waals surface area contributed by atoms with Crippen LogP contribution in [0.1, 0.15) is 28.7 Å². The molecule has 0 bridgehead atoms. The molecule has 0 radical (unpaired) electrons. The number of amides is 2. The maximum absolute atomic E-state index is 12.7. The third kappa shape index (κ3) is 7.41. The van der Waals surface area contributed by atoms with Gasteiger partial charge >= 0.3 is 6.03 Å². The number of rotatable bonds is 10. The van der Waals surface area contributed by atoms with Gasteiger partial charge in [0.1, 0.15) is 0 Å². The van der Waals surface area contributed by atoms with E-state index in [1.54, 1.807) is 0 Å². The van der Waals surface area contributed by atoms with Crippen molar-refractivity contribution in [3.63, 3.8) is 0 Å². The third-order valence-electron chi connectivity index (χ3n) is 7.40. The van der Waals surface area contributed by atoms with Gasteiger partial charge in [-0.1, -0.05) is 66.7 Å². The molecule has 1 atom stereocenters. The highest BCUT2D eigenvalue weighted by Gasteiger charge is 2.22. The molecule has 2 heterocycles.